The van der Waals surface area contributed by atoms with Gasteiger partial charge in [0, 0.05) is 37.9 Å². The van der Waals surface area contributed by atoms with E-state index in [9.17, 15) is 9.59 Å². The van der Waals surface area contributed by atoms with Crippen LogP contribution in [0.3, 0.4) is 0 Å². The second-order valence-electron chi connectivity index (χ2n) is 6.64. The molecular formula is C24H16Cl2N2O2. The van der Waals surface area contributed by atoms with Gasteiger partial charge in [-0.15, -0.1) is 0 Å². The normalized spacial score (nSPS) is 10.6. The molecule has 148 valence electrons. The molecule has 0 atom stereocenters. The molecule has 6 heteroatoms. The number of hydrogen-bond donors (Lipinski definition) is 2. The Morgan fingerprint density at radius 3 is 2.03 bits per heavy atom. The van der Waals surface area contributed by atoms with Crippen molar-refractivity contribution in [3.63, 3.8) is 0 Å². The summed E-state index contributed by atoms with van der Waals surface area (Å²) in [5.74, 6) is -0.550. The minimum Gasteiger partial charge on any atom is -0.322 e. The first-order valence-corrected chi connectivity index (χ1v) is 9.92. The Balaban J connectivity index is 1.54. The zero-order valence-electron chi connectivity index (χ0n) is 15.7. The Hall–Kier alpha value is -3.34. The molecule has 0 radical (unpaired) electrons. The fourth-order valence-electron chi connectivity index (χ4n) is 3.18. The van der Waals surface area contributed by atoms with E-state index >= 15 is 0 Å². The zero-order chi connectivity index (χ0) is 21.1. The molecule has 0 saturated heterocycles. The first kappa shape index (κ1) is 20.0. The second kappa shape index (κ2) is 8.57. The molecule has 30 heavy (non-hydrogen) atoms. The number of nitrogens with one attached hydrogen (secondary N) is 2. The molecule has 4 aromatic rings. The van der Waals surface area contributed by atoms with Crippen molar-refractivity contribution in [3.05, 3.63) is 106 Å². The molecule has 0 saturated carbocycles. The van der Waals surface area contributed by atoms with Crippen molar-refractivity contribution in [3.8, 4) is 0 Å². The number of fused-ring (bicyclic) bond motifs is 1. The van der Waals surface area contributed by atoms with Gasteiger partial charge in [-0.25, -0.2) is 0 Å². The van der Waals surface area contributed by atoms with Crippen LogP contribution in [-0.2, 0) is 0 Å². The molecular weight excluding hydrogens is 419 g/mol. The van der Waals surface area contributed by atoms with Crippen LogP contribution in [0, 0.1) is 0 Å². The minimum atomic E-state index is -0.287. The number of carbonyl (C=O) groups is 2. The zero-order valence-corrected chi connectivity index (χ0v) is 17.2. The van der Waals surface area contributed by atoms with Gasteiger partial charge in [0.05, 0.1) is 0 Å². The lowest BCUT2D eigenvalue weighted by atomic mass is 10.0. The fraction of sp³-hybridized carbons (Fsp3) is 0. The lowest BCUT2D eigenvalue weighted by molar-refractivity contribution is 0.102. The molecule has 0 bridgehead atoms. The summed E-state index contributed by atoms with van der Waals surface area (Å²) in [6.07, 6.45) is 0. The summed E-state index contributed by atoms with van der Waals surface area (Å²) >= 11 is 12.2. The van der Waals surface area contributed by atoms with E-state index in [2.05, 4.69) is 10.6 Å². The van der Waals surface area contributed by atoms with Crippen LogP contribution in [0.4, 0.5) is 11.4 Å². The highest BCUT2D eigenvalue weighted by molar-refractivity contribution is 6.36. The van der Waals surface area contributed by atoms with Gasteiger partial charge in [-0.2, -0.15) is 0 Å². The summed E-state index contributed by atoms with van der Waals surface area (Å²) in [5.41, 5.74) is 2.08. The molecule has 2 amide bonds. The fourth-order valence-corrected chi connectivity index (χ4v) is 3.60. The standard InChI is InChI=1S/C24H16Cl2N2O2/c25-16-6-1-5-15(13-16)23(29)27-17-7-2-8-18(14-17)28-24(30)21-11-3-10-20-19(21)9-4-12-22(20)26/h1-14H,(H,27,29)(H,28,30). The third-order valence-electron chi connectivity index (χ3n) is 4.58. The summed E-state index contributed by atoms with van der Waals surface area (Å²) in [6, 6.07) is 24.5. The summed E-state index contributed by atoms with van der Waals surface area (Å²) in [6.45, 7) is 0. The van der Waals surface area contributed by atoms with Crippen molar-refractivity contribution in [2.75, 3.05) is 10.6 Å². The molecule has 4 rings (SSSR count). The summed E-state index contributed by atoms with van der Waals surface area (Å²) in [4.78, 5) is 25.3. The predicted octanol–water partition coefficient (Wildman–Crippen LogP) is 6.65. The topological polar surface area (TPSA) is 58.2 Å². The van der Waals surface area contributed by atoms with Gasteiger partial charge in [0.25, 0.3) is 11.8 Å². The van der Waals surface area contributed by atoms with Crippen molar-refractivity contribution in [1.29, 1.82) is 0 Å². The Morgan fingerprint density at radius 2 is 1.27 bits per heavy atom. The second-order valence-corrected chi connectivity index (χ2v) is 7.48. The van der Waals surface area contributed by atoms with Gasteiger partial charge < -0.3 is 10.6 Å². The van der Waals surface area contributed by atoms with Crippen LogP contribution in [0.5, 0.6) is 0 Å². The van der Waals surface area contributed by atoms with Crippen LogP contribution < -0.4 is 10.6 Å². The van der Waals surface area contributed by atoms with E-state index in [1.54, 1.807) is 66.7 Å². The van der Waals surface area contributed by atoms with E-state index in [4.69, 9.17) is 23.2 Å². The number of rotatable bonds is 4. The van der Waals surface area contributed by atoms with E-state index in [1.807, 2.05) is 18.2 Å². The Kier molecular flexibility index (Phi) is 5.70. The first-order valence-electron chi connectivity index (χ1n) is 9.17. The van der Waals surface area contributed by atoms with Crippen LogP contribution in [0.25, 0.3) is 10.8 Å². The highest BCUT2D eigenvalue weighted by Gasteiger charge is 2.12. The van der Waals surface area contributed by atoms with Gasteiger partial charge in [-0.05, 0) is 53.9 Å². The van der Waals surface area contributed by atoms with Crippen molar-refractivity contribution >= 4 is 57.2 Å². The summed E-state index contributed by atoms with van der Waals surface area (Å²) < 4.78 is 0. The first-order chi connectivity index (χ1) is 14.5. The van der Waals surface area contributed by atoms with Crippen molar-refractivity contribution in [1.82, 2.24) is 0 Å². The number of benzene rings is 4. The molecule has 4 aromatic carbocycles. The Morgan fingerprint density at radius 1 is 0.633 bits per heavy atom. The van der Waals surface area contributed by atoms with E-state index in [-0.39, 0.29) is 11.8 Å². The monoisotopic (exact) mass is 434 g/mol. The average molecular weight is 435 g/mol. The SMILES string of the molecule is O=C(Nc1cccc(NC(=O)c2cccc3c(Cl)cccc23)c1)c1cccc(Cl)c1. The van der Waals surface area contributed by atoms with E-state index in [0.717, 1.165) is 10.8 Å². The summed E-state index contributed by atoms with van der Waals surface area (Å²) in [7, 11) is 0. The average Bonchev–Trinajstić information content (AvgIpc) is 2.74. The van der Waals surface area contributed by atoms with Gasteiger partial charge in [0.2, 0.25) is 0 Å². The van der Waals surface area contributed by atoms with Crippen LogP contribution in [0.2, 0.25) is 10.0 Å². The van der Waals surface area contributed by atoms with Crippen LogP contribution in [-0.4, -0.2) is 11.8 Å². The molecule has 0 aliphatic heterocycles. The largest absolute Gasteiger partial charge is 0.322 e. The van der Waals surface area contributed by atoms with Crippen molar-refractivity contribution in [2.45, 2.75) is 0 Å². The number of halogens is 2. The van der Waals surface area contributed by atoms with Gasteiger partial charge in [-0.1, -0.05) is 59.6 Å². The molecule has 4 nitrogen and oxygen atoms in total. The van der Waals surface area contributed by atoms with Crippen LogP contribution in [0.15, 0.2) is 84.9 Å². The number of amides is 2. The number of carbonyl (C=O) groups excluding carboxylic acids is 2. The number of anilines is 2. The molecule has 0 aliphatic carbocycles. The molecule has 2 N–H and O–H groups in total. The maximum atomic E-state index is 12.9. The Labute approximate surface area is 183 Å². The molecule has 0 spiro atoms. The summed E-state index contributed by atoms with van der Waals surface area (Å²) in [5, 5.41) is 8.35. The van der Waals surface area contributed by atoms with Gasteiger partial charge in [-0.3, -0.25) is 9.59 Å². The highest BCUT2D eigenvalue weighted by atomic mass is 35.5. The van der Waals surface area contributed by atoms with E-state index in [1.165, 1.54) is 0 Å². The highest BCUT2D eigenvalue weighted by Crippen LogP contribution is 2.27. The molecule has 0 aromatic heterocycles. The molecule has 0 fully saturated rings. The number of hydrogen-bond acceptors (Lipinski definition) is 2. The molecule has 0 aliphatic rings. The van der Waals surface area contributed by atoms with Crippen molar-refractivity contribution in [2.24, 2.45) is 0 Å². The maximum Gasteiger partial charge on any atom is 0.256 e. The molecule has 0 heterocycles. The third kappa shape index (κ3) is 4.30. The van der Waals surface area contributed by atoms with E-state index < -0.39 is 0 Å². The predicted molar refractivity (Wildman–Crippen MR) is 123 cm³/mol. The van der Waals surface area contributed by atoms with Crippen LogP contribution in [0.1, 0.15) is 20.7 Å². The van der Waals surface area contributed by atoms with Gasteiger partial charge in [0.1, 0.15) is 0 Å². The van der Waals surface area contributed by atoms with E-state index in [0.29, 0.717) is 32.5 Å². The van der Waals surface area contributed by atoms with Gasteiger partial charge in [0.15, 0.2) is 0 Å². The minimum absolute atomic E-state index is 0.263. The van der Waals surface area contributed by atoms with Crippen molar-refractivity contribution < 1.29 is 9.59 Å². The van der Waals surface area contributed by atoms with Crippen LogP contribution >= 0.6 is 23.2 Å². The molecule has 0 unspecified atom stereocenters. The lowest BCUT2D eigenvalue weighted by Crippen LogP contribution is -2.14. The lowest BCUT2D eigenvalue weighted by Gasteiger charge is -2.11. The maximum absolute atomic E-state index is 12.9. The quantitative estimate of drug-likeness (QED) is 0.377. The third-order valence-corrected chi connectivity index (χ3v) is 5.14. The Bertz CT molecular complexity index is 1270. The van der Waals surface area contributed by atoms with Gasteiger partial charge >= 0.3 is 0 Å². The smallest absolute Gasteiger partial charge is 0.256 e.